The van der Waals surface area contributed by atoms with Crippen LogP contribution in [0.5, 0.6) is 0 Å². The second-order valence-electron chi connectivity index (χ2n) is 15.7. The Morgan fingerprint density at radius 2 is 0.933 bits per heavy atom. The second-order valence-corrected chi connectivity index (χ2v) is 15.7. The minimum Gasteiger partial charge on any atom is -0.456 e. The minimum atomic E-state index is -0.323. The predicted octanol–water partition coefficient (Wildman–Crippen LogP) is 14.1. The Labute approximate surface area is 349 Å². The van der Waals surface area contributed by atoms with Gasteiger partial charge in [0.1, 0.15) is 29.3 Å². The molecule has 0 saturated heterocycles. The number of furan rings is 1. The standard InChI is InChI=1S/C56H41N3O/c1-59-55(40-23-12-5-13-24-40)57-54(58-56(59)48-31-45(38-19-8-3-9-20-38)30-46(32-48)39-21-10-4-11-22-39)50-34-47(42-28-16-27-41(29-42)37-17-6-2-7-18-37)36-52-53(50)49-33-43-25-14-15-26-44(43)35-51(49)60-52/h2-36,55-56H,1H3,(H,57,58). The van der Waals surface area contributed by atoms with E-state index in [1.807, 2.05) is 0 Å². The number of nitrogens with zero attached hydrogens (tertiary/aromatic N) is 2. The van der Waals surface area contributed by atoms with Crippen LogP contribution in [0.1, 0.15) is 29.0 Å². The molecule has 0 amide bonds. The van der Waals surface area contributed by atoms with Gasteiger partial charge in [0.25, 0.3) is 0 Å². The van der Waals surface area contributed by atoms with E-state index in [4.69, 9.17) is 9.41 Å². The summed E-state index contributed by atoms with van der Waals surface area (Å²) in [7, 11) is 2.17. The minimum absolute atomic E-state index is 0.177. The van der Waals surface area contributed by atoms with Gasteiger partial charge in [-0.3, -0.25) is 4.90 Å². The van der Waals surface area contributed by atoms with Crippen molar-refractivity contribution in [3.8, 4) is 44.5 Å². The van der Waals surface area contributed by atoms with Gasteiger partial charge in [0.15, 0.2) is 0 Å². The summed E-state index contributed by atoms with van der Waals surface area (Å²) in [6.07, 6.45) is -0.500. The summed E-state index contributed by atoms with van der Waals surface area (Å²) >= 11 is 0. The van der Waals surface area contributed by atoms with E-state index in [9.17, 15) is 0 Å². The summed E-state index contributed by atoms with van der Waals surface area (Å²) in [5, 5.41) is 8.39. The summed E-state index contributed by atoms with van der Waals surface area (Å²) in [5.41, 5.74) is 14.1. The fourth-order valence-corrected chi connectivity index (χ4v) is 8.88. The van der Waals surface area contributed by atoms with E-state index in [2.05, 4.69) is 230 Å². The molecule has 11 rings (SSSR count). The molecule has 60 heavy (non-hydrogen) atoms. The van der Waals surface area contributed by atoms with Crippen molar-refractivity contribution >= 4 is 38.5 Å². The normalized spacial score (nSPS) is 15.6. The van der Waals surface area contributed by atoms with Crippen molar-refractivity contribution in [1.29, 1.82) is 0 Å². The van der Waals surface area contributed by atoms with Gasteiger partial charge in [0, 0.05) is 16.3 Å². The van der Waals surface area contributed by atoms with Crippen LogP contribution in [0.25, 0.3) is 77.2 Å². The average molecular weight is 772 g/mol. The van der Waals surface area contributed by atoms with Gasteiger partial charge in [-0.1, -0.05) is 164 Å². The lowest BCUT2D eigenvalue weighted by Gasteiger charge is -2.39. The zero-order valence-corrected chi connectivity index (χ0v) is 33.2. The van der Waals surface area contributed by atoms with Crippen LogP contribution < -0.4 is 5.32 Å². The van der Waals surface area contributed by atoms with Crippen LogP contribution >= 0.6 is 0 Å². The number of benzene rings is 9. The van der Waals surface area contributed by atoms with Crippen LogP contribution in [-0.2, 0) is 0 Å². The molecule has 9 aromatic carbocycles. The van der Waals surface area contributed by atoms with Crippen molar-refractivity contribution < 1.29 is 4.42 Å². The highest BCUT2D eigenvalue weighted by Crippen LogP contribution is 2.42. The highest BCUT2D eigenvalue weighted by Gasteiger charge is 2.33. The van der Waals surface area contributed by atoms with Crippen molar-refractivity contribution in [1.82, 2.24) is 10.2 Å². The number of hydrogen-bond acceptors (Lipinski definition) is 4. The molecule has 0 radical (unpaired) electrons. The molecular weight excluding hydrogens is 731 g/mol. The molecule has 2 atom stereocenters. The molecule has 1 aliphatic heterocycles. The SMILES string of the molecule is CN1C(c2cc(-c3ccccc3)cc(-c3ccccc3)c2)N=C(c2cc(-c3cccc(-c4ccccc4)c3)cc3oc4cc5ccccc5cc4c23)NC1c1ccccc1. The van der Waals surface area contributed by atoms with E-state index in [0.717, 1.165) is 77.7 Å². The van der Waals surface area contributed by atoms with Gasteiger partial charge in [0.05, 0.1) is 0 Å². The van der Waals surface area contributed by atoms with Gasteiger partial charge >= 0.3 is 0 Å². The molecule has 4 heteroatoms. The predicted molar refractivity (Wildman–Crippen MR) is 249 cm³/mol. The fourth-order valence-electron chi connectivity index (χ4n) is 8.88. The lowest BCUT2D eigenvalue weighted by Crippen LogP contribution is -2.46. The van der Waals surface area contributed by atoms with Gasteiger partial charge in [0.2, 0.25) is 0 Å². The molecular formula is C56H41N3O. The molecule has 1 aliphatic rings. The molecule has 0 saturated carbocycles. The van der Waals surface area contributed by atoms with Gasteiger partial charge in [-0.25, -0.2) is 4.99 Å². The van der Waals surface area contributed by atoms with Crippen molar-refractivity contribution in [2.24, 2.45) is 4.99 Å². The third-order valence-electron chi connectivity index (χ3n) is 11.9. The van der Waals surface area contributed by atoms with E-state index in [1.54, 1.807) is 0 Å². The Hall–Kier alpha value is -7.53. The Balaban J connectivity index is 1.16. The maximum absolute atomic E-state index is 6.85. The molecule has 4 nitrogen and oxygen atoms in total. The summed E-state index contributed by atoms with van der Waals surface area (Å²) < 4.78 is 6.85. The number of amidine groups is 1. The molecule has 2 unspecified atom stereocenters. The van der Waals surface area contributed by atoms with Crippen LogP contribution in [0.4, 0.5) is 0 Å². The molecule has 10 aromatic rings. The van der Waals surface area contributed by atoms with Crippen molar-refractivity contribution in [3.05, 3.63) is 229 Å². The summed E-state index contributed by atoms with van der Waals surface area (Å²) in [6.45, 7) is 0. The van der Waals surface area contributed by atoms with E-state index in [-0.39, 0.29) is 12.3 Å². The van der Waals surface area contributed by atoms with E-state index in [0.29, 0.717) is 0 Å². The molecule has 0 fully saturated rings. The molecule has 0 bridgehead atoms. The average Bonchev–Trinajstić information content (AvgIpc) is 3.68. The Morgan fingerprint density at radius 1 is 0.433 bits per heavy atom. The number of fused-ring (bicyclic) bond motifs is 4. The Morgan fingerprint density at radius 3 is 1.57 bits per heavy atom. The first-order valence-corrected chi connectivity index (χ1v) is 20.6. The van der Waals surface area contributed by atoms with Gasteiger partial charge in [-0.15, -0.1) is 0 Å². The van der Waals surface area contributed by atoms with E-state index in [1.165, 1.54) is 22.1 Å². The van der Waals surface area contributed by atoms with Gasteiger partial charge in [-0.2, -0.15) is 0 Å². The quantitative estimate of drug-likeness (QED) is 0.175. The van der Waals surface area contributed by atoms with Crippen LogP contribution in [0, 0.1) is 0 Å². The Kier molecular flexibility index (Phi) is 8.91. The zero-order chi connectivity index (χ0) is 40.0. The number of aliphatic imine (C=N–C) groups is 1. The highest BCUT2D eigenvalue weighted by atomic mass is 16.3. The first-order chi connectivity index (χ1) is 29.6. The summed E-state index contributed by atoms with van der Waals surface area (Å²) in [5.74, 6) is 0.820. The number of hydrogen-bond donors (Lipinski definition) is 1. The van der Waals surface area contributed by atoms with E-state index < -0.39 is 0 Å². The monoisotopic (exact) mass is 771 g/mol. The molecule has 0 aliphatic carbocycles. The topological polar surface area (TPSA) is 40.8 Å². The van der Waals surface area contributed by atoms with Crippen LogP contribution in [-0.4, -0.2) is 17.8 Å². The van der Waals surface area contributed by atoms with Crippen LogP contribution in [0.3, 0.4) is 0 Å². The smallest absolute Gasteiger partial charge is 0.136 e. The molecule has 286 valence electrons. The Bertz CT molecular complexity index is 3130. The first kappa shape index (κ1) is 35.6. The molecule has 1 aromatic heterocycles. The van der Waals surface area contributed by atoms with Crippen molar-refractivity contribution in [2.75, 3.05) is 7.05 Å². The fraction of sp³-hybridized carbons (Fsp3) is 0.0536. The highest BCUT2D eigenvalue weighted by molar-refractivity contribution is 6.20. The lowest BCUT2D eigenvalue weighted by atomic mass is 9.93. The van der Waals surface area contributed by atoms with Crippen molar-refractivity contribution in [2.45, 2.75) is 12.3 Å². The van der Waals surface area contributed by atoms with Gasteiger partial charge in [-0.05, 0) is 122 Å². The second kappa shape index (κ2) is 15.0. The molecule has 1 N–H and O–H groups in total. The maximum Gasteiger partial charge on any atom is 0.136 e. The third-order valence-corrected chi connectivity index (χ3v) is 11.9. The van der Waals surface area contributed by atoms with Crippen LogP contribution in [0.2, 0.25) is 0 Å². The van der Waals surface area contributed by atoms with Crippen molar-refractivity contribution in [3.63, 3.8) is 0 Å². The van der Waals surface area contributed by atoms with E-state index >= 15 is 0 Å². The molecule has 2 heterocycles. The molecule has 0 spiro atoms. The number of rotatable bonds is 7. The lowest BCUT2D eigenvalue weighted by molar-refractivity contribution is 0.152. The summed E-state index contributed by atoms with van der Waals surface area (Å²) in [4.78, 5) is 8.09. The first-order valence-electron chi connectivity index (χ1n) is 20.6. The maximum atomic E-state index is 6.85. The largest absolute Gasteiger partial charge is 0.456 e. The zero-order valence-electron chi connectivity index (χ0n) is 33.2. The van der Waals surface area contributed by atoms with Gasteiger partial charge < -0.3 is 9.73 Å². The third kappa shape index (κ3) is 6.54. The number of nitrogens with one attached hydrogen (secondary N) is 1. The summed E-state index contributed by atoms with van der Waals surface area (Å²) in [6, 6.07) is 75.7. The van der Waals surface area contributed by atoms with Crippen LogP contribution in [0.15, 0.2) is 222 Å².